The highest BCUT2D eigenvalue weighted by Crippen LogP contribution is 2.33. The van der Waals surface area contributed by atoms with E-state index in [4.69, 9.17) is 9.47 Å². The summed E-state index contributed by atoms with van der Waals surface area (Å²) in [5, 5.41) is 13.9. The SMILES string of the molecule is CCC(C)(C)n1nnnc1C(C(C)C)N(Cc1cc2cc(OC)ccc2[nH]c1=O)CC1CCCO1. The monoisotopic (exact) mass is 482 g/mol. The highest BCUT2D eigenvalue weighted by Gasteiger charge is 2.35. The molecule has 0 amide bonds. The number of H-pyrrole nitrogens is 1. The van der Waals surface area contributed by atoms with Crippen LogP contribution in [0, 0.1) is 5.92 Å². The summed E-state index contributed by atoms with van der Waals surface area (Å²) in [6, 6.07) is 7.56. The summed E-state index contributed by atoms with van der Waals surface area (Å²) in [4.78, 5) is 18.5. The number of aromatic nitrogens is 5. The van der Waals surface area contributed by atoms with Crippen molar-refractivity contribution in [1.82, 2.24) is 30.1 Å². The van der Waals surface area contributed by atoms with E-state index in [1.165, 1.54) is 0 Å². The number of hydrogen-bond donors (Lipinski definition) is 1. The molecule has 1 saturated heterocycles. The van der Waals surface area contributed by atoms with Crippen LogP contribution in [0.3, 0.4) is 0 Å². The number of pyridine rings is 1. The molecule has 3 heterocycles. The first-order chi connectivity index (χ1) is 16.7. The minimum Gasteiger partial charge on any atom is -0.497 e. The van der Waals surface area contributed by atoms with E-state index >= 15 is 0 Å². The Labute approximate surface area is 206 Å². The van der Waals surface area contributed by atoms with E-state index in [1.807, 2.05) is 28.9 Å². The Balaban J connectivity index is 1.76. The fraction of sp³-hybridized carbons (Fsp3) is 0.615. The molecule has 2 aromatic heterocycles. The third kappa shape index (κ3) is 5.41. The van der Waals surface area contributed by atoms with Gasteiger partial charge in [0.05, 0.1) is 24.8 Å². The van der Waals surface area contributed by atoms with Crippen molar-refractivity contribution in [3.63, 3.8) is 0 Å². The van der Waals surface area contributed by atoms with Crippen molar-refractivity contribution in [3.05, 3.63) is 46.0 Å². The number of nitrogens with zero attached hydrogens (tertiary/aromatic N) is 5. The zero-order chi connectivity index (χ0) is 25.2. The zero-order valence-electron chi connectivity index (χ0n) is 21.7. The summed E-state index contributed by atoms with van der Waals surface area (Å²) in [5.41, 5.74) is 1.18. The Bertz CT molecular complexity index is 1200. The zero-order valence-corrected chi connectivity index (χ0v) is 21.7. The van der Waals surface area contributed by atoms with Crippen molar-refractivity contribution in [2.75, 3.05) is 20.3 Å². The average molecular weight is 483 g/mol. The number of aromatic amines is 1. The van der Waals surface area contributed by atoms with E-state index in [2.05, 4.69) is 60.0 Å². The standard InChI is InChI=1S/C26H38N6O3/c1-7-26(4,5)32-24(28-29-30-32)23(17(2)3)31(16-21-9-8-12-35-21)15-19-13-18-14-20(34-6)10-11-22(18)27-25(19)33/h10-11,13-14,17,21,23H,7-9,12,15-16H2,1-6H3,(H,27,33). The molecule has 0 aliphatic carbocycles. The first kappa shape index (κ1) is 25.3. The Kier molecular flexibility index (Phi) is 7.56. The van der Waals surface area contributed by atoms with Crippen molar-refractivity contribution in [1.29, 1.82) is 0 Å². The van der Waals surface area contributed by atoms with Gasteiger partial charge in [-0.15, -0.1) is 5.10 Å². The number of nitrogens with one attached hydrogen (secondary N) is 1. The molecule has 35 heavy (non-hydrogen) atoms. The van der Waals surface area contributed by atoms with Crippen molar-refractivity contribution >= 4 is 10.9 Å². The first-order valence-corrected chi connectivity index (χ1v) is 12.6. The normalized spacial score (nSPS) is 17.5. The molecule has 4 rings (SSSR count). The molecule has 0 radical (unpaired) electrons. The summed E-state index contributed by atoms with van der Waals surface area (Å²) >= 11 is 0. The van der Waals surface area contributed by atoms with Crippen molar-refractivity contribution in [3.8, 4) is 5.75 Å². The average Bonchev–Trinajstić information content (AvgIpc) is 3.52. The van der Waals surface area contributed by atoms with Crippen molar-refractivity contribution in [2.24, 2.45) is 5.92 Å². The van der Waals surface area contributed by atoms with Crippen LogP contribution >= 0.6 is 0 Å². The molecule has 9 heteroatoms. The van der Waals surface area contributed by atoms with E-state index in [-0.39, 0.29) is 29.2 Å². The van der Waals surface area contributed by atoms with Gasteiger partial charge in [-0.05, 0) is 73.7 Å². The number of tetrazole rings is 1. The molecule has 0 saturated carbocycles. The van der Waals surface area contributed by atoms with Crippen LogP contribution in [0.4, 0.5) is 0 Å². The predicted molar refractivity (Wildman–Crippen MR) is 136 cm³/mol. The lowest BCUT2D eigenvalue weighted by Crippen LogP contribution is -2.41. The maximum Gasteiger partial charge on any atom is 0.252 e. The highest BCUT2D eigenvalue weighted by atomic mass is 16.5. The lowest BCUT2D eigenvalue weighted by atomic mass is 9.97. The van der Waals surface area contributed by atoms with Gasteiger partial charge in [0.25, 0.3) is 5.56 Å². The number of fused-ring (bicyclic) bond motifs is 1. The largest absolute Gasteiger partial charge is 0.497 e. The van der Waals surface area contributed by atoms with Gasteiger partial charge in [-0.3, -0.25) is 9.69 Å². The lowest BCUT2D eigenvalue weighted by Gasteiger charge is -2.36. The lowest BCUT2D eigenvalue weighted by molar-refractivity contribution is 0.0368. The minimum atomic E-state index is -0.224. The maximum absolute atomic E-state index is 13.1. The van der Waals surface area contributed by atoms with Gasteiger partial charge in [-0.1, -0.05) is 20.8 Å². The first-order valence-electron chi connectivity index (χ1n) is 12.6. The number of rotatable bonds is 10. The Morgan fingerprint density at radius 1 is 1.31 bits per heavy atom. The van der Waals surface area contributed by atoms with Crippen LogP contribution in [0.5, 0.6) is 5.75 Å². The molecule has 0 spiro atoms. The van der Waals surface area contributed by atoms with Gasteiger partial charge < -0.3 is 14.5 Å². The van der Waals surface area contributed by atoms with E-state index in [9.17, 15) is 4.79 Å². The fourth-order valence-corrected chi connectivity index (χ4v) is 4.86. The van der Waals surface area contributed by atoms with E-state index in [0.717, 1.165) is 48.3 Å². The summed E-state index contributed by atoms with van der Waals surface area (Å²) in [7, 11) is 1.65. The van der Waals surface area contributed by atoms with Crippen molar-refractivity contribution < 1.29 is 9.47 Å². The number of hydrogen-bond acceptors (Lipinski definition) is 7. The summed E-state index contributed by atoms with van der Waals surface area (Å²) in [5.74, 6) is 1.80. The molecule has 3 aromatic rings. The van der Waals surface area contributed by atoms with Gasteiger partial charge in [0, 0.05) is 36.2 Å². The van der Waals surface area contributed by atoms with E-state index < -0.39 is 0 Å². The van der Waals surface area contributed by atoms with E-state index in [0.29, 0.717) is 18.7 Å². The van der Waals surface area contributed by atoms with Crippen molar-refractivity contribution in [2.45, 2.75) is 78.1 Å². The summed E-state index contributed by atoms with van der Waals surface area (Å²) in [6.45, 7) is 12.8. The van der Waals surface area contributed by atoms with Crippen LogP contribution in [0.1, 0.15) is 71.3 Å². The highest BCUT2D eigenvalue weighted by molar-refractivity contribution is 5.80. The fourth-order valence-electron chi connectivity index (χ4n) is 4.86. The second-order valence-electron chi connectivity index (χ2n) is 10.4. The molecule has 9 nitrogen and oxygen atoms in total. The van der Waals surface area contributed by atoms with Crippen LogP contribution in [0.15, 0.2) is 29.1 Å². The van der Waals surface area contributed by atoms with Crippen LogP contribution in [-0.4, -0.2) is 56.5 Å². The molecular weight excluding hydrogens is 444 g/mol. The number of benzene rings is 1. The smallest absolute Gasteiger partial charge is 0.252 e. The molecule has 2 atom stereocenters. The van der Waals surface area contributed by atoms with Gasteiger partial charge in [-0.2, -0.15) is 0 Å². The van der Waals surface area contributed by atoms with Crippen LogP contribution in [0.2, 0.25) is 0 Å². The minimum absolute atomic E-state index is 0.0829. The van der Waals surface area contributed by atoms with Gasteiger partial charge in [0.2, 0.25) is 0 Å². The van der Waals surface area contributed by atoms with Gasteiger partial charge in [0.1, 0.15) is 5.75 Å². The Morgan fingerprint density at radius 3 is 2.77 bits per heavy atom. The van der Waals surface area contributed by atoms with Gasteiger partial charge in [0.15, 0.2) is 5.82 Å². The van der Waals surface area contributed by atoms with Crippen LogP contribution in [0.25, 0.3) is 10.9 Å². The molecule has 190 valence electrons. The second-order valence-corrected chi connectivity index (χ2v) is 10.4. The van der Waals surface area contributed by atoms with Crippen LogP contribution < -0.4 is 10.3 Å². The Morgan fingerprint density at radius 2 is 2.11 bits per heavy atom. The summed E-state index contributed by atoms with van der Waals surface area (Å²) < 4.78 is 13.4. The molecule has 1 aliphatic rings. The number of ether oxygens (including phenoxy) is 2. The van der Waals surface area contributed by atoms with Crippen LogP contribution in [-0.2, 0) is 16.8 Å². The molecule has 0 bridgehead atoms. The van der Waals surface area contributed by atoms with Gasteiger partial charge >= 0.3 is 0 Å². The molecule has 1 aliphatic heterocycles. The third-order valence-electron chi connectivity index (χ3n) is 7.19. The Hall–Kier alpha value is -2.78. The van der Waals surface area contributed by atoms with Gasteiger partial charge in [-0.25, -0.2) is 4.68 Å². The molecule has 1 aromatic carbocycles. The predicted octanol–water partition coefficient (Wildman–Crippen LogP) is 4.05. The topological polar surface area (TPSA) is 98.2 Å². The molecular formula is C26H38N6O3. The molecule has 1 fully saturated rings. The summed E-state index contributed by atoms with van der Waals surface area (Å²) in [6.07, 6.45) is 3.09. The van der Waals surface area contributed by atoms with E-state index in [1.54, 1.807) is 7.11 Å². The quantitative estimate of drug-likeness (QED) is 0.465. The molecule has 2 unspecified atom stereocenters. The molecule has 1 N–H and O–H groups in total. The second kappa shape index (κ2) is 10.5. The maximum atomic E-state index is 13.1. The third-order valence-corrected chi connectivity index (χ3v) is 7.19. The number of methoxy groups -OCH3 is 1.